The first-order valence-electron chi connectivity index (χ1n) is 11.8. The number of ketones is 1. The van der Waals surface area contributed by atoms with E-state index >= 15 is 0 Å². The van der Waals surface area contributed by atoms with Gasteiger partial charge in [-0.05, 0) is 68.7 Å². The Morgan fingerprint density at radius 1 is 1.17 bits per heavy atom. The molecule has 0 aliphatic carbocycles. The number of sulfone groups is 1. The lowest BCUT2D eigenvalue weighted by Gasteiger charge is -2.33. The number of hydrogen-bond acceptors (Lipinski definition) is 7. The molecule has 1 fully saturated rings. The first-order chi connectivity index (χ1) is 17.1. The normalized spacial score (nSPS) is 17.4. The number of H-pyrrole nitrogens is 1. The van der Waals surface area contributed by atoms with Gasteiger partial charge in [-0.25, -0.2) is 18.4 Å². The van der Waals surface area contributed by atoms with Crippen LogP contribution in [0.2, 0.25) is 0 Å². The number of rotatable bonds is 7. The topological polar surface area (TPSA) is 105 Å². The number of pyridine rings is 2. The quantitative estimate of drug-likeness (QED) is 0.352. The Bertz CT molecular complexity index is 1540. The first-order valence-corrected chi connectivity index (χ1v) is 13.5. The molecular weight excluding hydrogens is 476 g/mol. The number of anilines is 1. The highest BCUT2D eigenvalue weighted by atomic mass is 32.2. The standard InChI is InChI=1S/C27H28N4O4S/c1-18-15-27(2,3)31(16-18)26-21(6-5-12-29-26)23(32)17-36(33,34)25-8-4-7-24(30-25)35-20-9-10-22-19(14-20)11-13-28-22/h4-14,18,28H,15-17H2,1-3H3. The molecule has 1 aromatic carbocycles. The maximum atomic E-state index is 13.3. The highest BCUT2D eigenvalue weighted by molar-refractivity contribution is 7.92. The minimum absolute atomic E-state index is 0.133. The van der Waals surface area contributed by atoms with E-state index in [1.54, 1.807) is 36.5 Å². The predicted octanol–water partition coefficient (Wildman–Crippen LogP) is 5.03. The zero-order chi connectivity index (χ0) is 25.5. The number of benzene rings is 1. The van der Waals surface area contributed by atoms with Gasteiger partial charge in [-0.15, -0.1) is 0 Å². The van der Waals surface area contributed by atoms with E-state index in [0.29, 0.717) is 23.0 Å². The van der Waals surface area contributed by atoms with Gasteiger partial charge in [0, 0.05) is 41.4 Å². The molecule has 4 aromatic rings. The van der Waals surface area contributed by atoms with E-state index in [9.17, 15) is 13.2 Å². The summed E-state index contributed by atoms with van der Waals surface area (Å²) in [4.78, 5) is 27.1. The summed E-state index contributed by atoms with van der Waals surface area (Å²) in [5.41, 5.74) is 1.08. The molecule has 0 spiro atoms. The van der Waals surface area contributed by atoms with Gasteiger partial charge in [0.1, 0.15) is 17.3 Å². The van der Waals surface area contributed by atoms with Crippen molar-refractivity contribution < 1.29 is 17.9 Å². The molecule has 0 amide bonds. The van der Waals surface area contributed by atoms with Gasteiger partial charge in [0.2, 0.25) is 15.7 Å². The van der Waals surface area contributed by atoms with Crippen molar-refractivity contribution in [3.05, 3.63) is 72.6 Å². The van der Waals surface area contributed by atoms with Crippen LogP contribution in [0.5, 0.6) is 11.6 Å². The van der Waals surface area contributed by atoms with E-state index in [2.05, 4.69) is 40.6 Å². The van der Waals surface area contributed by atoms with Crippen molar-refractivity contribution in [2.45, 2.75) is 37.8 Å². The maximum Gasteiger partial charge on any atom is 0.220 e. The number of aromatic amines is 1. The Hall–Kier alpha value is -3.72. The molecule has 5 rings (SSSR count). The molecule has 4 heterocycles. The molecule has 1 unspecified atom stereocenters. The Kier molecular flexibility index (Phi) is 6.04. The van der Waals surface area contributed by atoms with Gasteiger partial charge in [0.25, 0.3) is 0 Å². The van der Waals surface area contributed by atoms with Gasteiger partial charge in [-0.3, -0.25) is 4.79 Å². The number of nitrogens with one attached hydrogen (secondary N) is 1. The number of aromatic nitrogens is 3. The molecular formula is C27H28N4O4S. The van der Waals surface area contributed by atoms with Crippen LogP contribution in [0, 0.1) is 5.92 Å². The summed E-state index contributed by atoms with van der Waals surface area (Å²) < 4.78 is 32.2. The summed E-state index contributed by atoms with van der Waals surface area (Å²) in [6.07, 6.45) is 4.42. The molecule has 36 heavy (non-hydrogen) atoms. The van der Waals surface area contributed by atoms with Crippen molar-refractivity contribution in [1.29, 1.82) is 0 Å². The van der Waals surface area contributed by atoms with Crippen LogP contribution in [-0.2, 0) is 9.84 Å². The second kappa shape index (κ2) is 9.05. The minimum atomic E-state index is -4.02. The zero-order valence-electron chi connectivity index (χ0n) is 20.4. The molecule has 1 N–H and O–H groups in total. The third kappa shape index (κ3) is 4.70. The van der Waals surface area contributed by atoms with Gasteiger partial charge in [0.15, 0.2) is 10.8 Å². The van der Waals surface area contributed by atoms with E-state index in [0.717, 1.165) is 23.9 Å². The fourth-order valence-electron chi connectivity index (χ4n) is 4.95. The van der Waals surface area contributed by atoms with E-state index in [4.69, 9.17) is 4.74 Å². The minimum Gasteiger partial charge on any atom is -0.439 e. The summed E-state index contributed by atoms with van der Waals surface area (Å²) in [6.45, 7) is 7.14. The number of Topliss-reactive ketones (excluding diaryl/α,β-unsaturated/α-hetero) is 1. The Balaban J connectivity index is 1.38. The lowest BCUT2D eigenvalue weighted by atomic mass is 9.97. The van der Waals surface area contributed by atoms with Gasteiger partial charge in [-0.2, -0.15) is 0 Å². The number of nitrogens with zero attached hydrogens (tertiary/aromatic N) is 3. The molecule has 9 heteroatoms. The molecule has 3 aromatic heterocycles. The molecule has 0 saturated carbocycles. The van der Waals surface area contributed by atoms with Crippen LogP contribution in [0.4, 0.5) is 5.82 Å². The predicted molar refractivity (Wildman–Crippen MR) is 138 cm³/mol. The van der Waals surface area contributed by atoms with Crippen LogP contribution in [0.3, 0.4) is 0 Å². The fourth-order valence-corrected chi connectivity index (χ4v) is 6.12. The Morgan fingerprint density at radius 3 is 2.78 bits per heavy atom. The third-order valence-electron chi connectivity index (χ3n) is 6.50. The number of hydrogen-bond donors (Lipinski definition) is 1. The van der Waals surface area contributed by atoms with Crippen LogP contribution < -0.4 is 9.64 Å². The van der Waals surface area contributed by atoms with Gasteiger partial charge in [-0.1, -0.05) is 13.0 Å². The number of ether oxygens (including phenoxy) is 1. The molecule has 1 aliphatic heterocycles. The number of carbonyl (C=O) groups excluding carboxylic acids is 1. The Labute approximate surface area is 210 Å². The average molecular weight is 505 g/mol. The number of fused-ring (bicyclic) bond motifs is 1. The second-order valence-electron chi connectivity index (χ2n) is 9.93. The van der Waals surface area contributed by atoms with Crippen molar-refractivity contribution in [2.24, 2.45) is 5.92 Å². The van der Waals surface area contributed by atoms with Gasteiger partial charge < -0.3 is 14.6 Å². The van der Waals surface area contributed by atoms with Crippen LogP contribution in [0.15, 0.2) is 72.0 Å². The largest absolute Gasteiger partial charge is 0.439 e. The molecule has 1 atom stereocenters. The lowest BCUT2D eigenvalue weighted by Crippen LogP contribution is -2.39. The summed E-state index contributed by atoms with van der Waals surface area (Å²) >= 11 is 0. The lowest BCUT2D eigenvalue weighted by molar-refractivity contribution is 0.102. The maximum absolute atomic E-state index is 13.3. The molecule has 0 bridgehead atoms. The van der Waals surface area contributed by atoms with Crippen molar-refractivity contribution in [1.82, 2.24) is 15.0 Å². The van der Waals surface area contributed by atoms with Gasteiger partial charge >= 0.3 is 0 Å². The average Bonchev–Trinajstić information content (AvgIpc) is 3.41. The van der Waals surface area contributed by atoms with Crippen molar-refractivity contribution in [2.75, 3.05) is 17.2 Å². The van der Waals surface area contributed by atoms with Crippen molar-refractivity contribution >= 4 is 32.3 Å². The van der Waals surface area contributed by atoms with E-state index in [-0.39, 0.29) is 16.4 Å². The molecule has 0 radical (unpaired) electrons. The number of carbonyl (C=O) groups is 1. The molecule has 8 nitrogen and oxygen atoms in total. The van der Waals surface area contributed by atoms with E-state index in [1.165, 1.54) is 6.07 Å². The second-order valence-corrected chi connectivity index (χ2v) is 11.9. The third-order valence-corrected chi connectivity index (χ3v) is 8.01. The molecule has 1 aliphatic rings. The van der Waals surface area contributed by atoms with E-state index in [1.807, 2.05) is 24.4 Å². The summed E-state index contributed by atoms with van der Waals surface area (Å²) in [5, 5.41) is 0.751. The summed E-state index contributed by atoms with van der Waals surface area (Å²) in [7, 11) is -4.02. The SMILES string of the molecule is CC1CN(c2ncccc2C(=O)CS(=O)(=O)c2cccc(Oc3ccc4[nH]ccc4c3)n2)C(C)(C)C1. The fraction of sp³-hybridized carbons (Fsp3) is 0.296. The van der Waals surface area contributed by atoms with Crippen molar-refractivity contribution in [3.8, 4) is 11.6 Å². The zero-order valence-corrected chi connectivity index (χ0v) is 21.2. The van der Waals surface area contributed by atoms with Crippen LogP contribution in [-0.4, -0.2) is 47.0 Å². The van der Waals surface area contributed by atoms with Gasteiger partial charge in [0.05, 0.1) is 5.56 Å². The smallest absolute Gasteiger partial charge is 0.220 e. The highest BCUT2D eigenvalue weighted by Crippen LogP contribution is 2.37. The van der Waals surface area contributed by atoms with Crippen LogP contribution in [0.1, 0.15) is 37.6 Å². The Morgan fingerprint density at radius 2 is 2.00 bits per heavy atom. The van der Waals surface area contributed by atoms with E-state index < -0.39 is 21.4 Å². The summed E-state index contributed by atoms with van der Waals surface area (Å²) in [6, 6.07) is 15.2. The van der Waals surface area contributed by atoms with Crippen LogP contribution in [0.25, 0.3) is 10.9 Å². The van der Waals surface area contributed by atoms with Crippen molar-refractivity contribution in [3.63, 3.8) is 0 Å². The monoisotopic (exact) mass is 504 g/mol. The highest BCUT2D eigenvalue weighted by Gasteiger charge is 2.39. The summed E-state index contributed by atoms with van der Waals surface area (Å²) in [5.74, 6) is 0.410. The molecule has 186 valence electrons. The van der Waals surface area contributed by atoms with Crippen LogP contribution >= 0.6 is 0 Å². The molecule has 1 saturated heterocycles. The first kappa shape index (κ1) is 24.0.